The summed E-state index contributed by atoms with van der Waals surface area (Å²) in [5.41, 5.74) is 5.36. The van der Waals surface area contributed by atoms with E-state index in [9.17, 15) is 9.59 Å². The minimum Gasteiger partial charge on any atom is -0.370 e. The van der Waals surface area contributed by atoms with Gasteiger partial charge in [0.05, 0.1) is 0 Å². The van der Waals surface area contributed by atoms with E-state index in [1.165, 1.54) is 128 Å². The number of carbonyl (C=O) groups excluding carboxylic acids is 2. The highest BCUT2D eigenvalue weighted by Crippen LogP contribution is 2.13. The number of guanidine groups is 1. The molecule has 0 aromatic heterocycles. The Balaban J connectivity index is 0. The van der Waals surface area contributed by atoms with Crippen molar-refractivity contribution in [1.82, 2.24) is 21.3 Å². The Kier molecular flexibility index (Phi) is 36.1. The molecule has 0 aliphatic rings. The molecule has 0 aliphatic heterocycles. The SMILES string of the molecule is CCCCCCCCCCCCCCCCNC(=O)N[C@@H](CCCNC(=N)N)C(=O)NCCCCCCCCCCCC.Cl. The molecule has 0 unspecified atom stereocenters. The van der Waals surface area contributed by atoms with Crippen LogP contribution in [0.5, 0.6) is 0 Å². The van der Waals surface area contributed by atoms with Crippen molar-refractivity contribution in [3.63, 3.8) is 0 Å². The molecule has 0 rings (SSSR count). The smallest absolute Gasteiger partial charge is 0.315 e. The van der Waals surface area contributed by atoms with E-state index in [2.05, 4.69) is 35.1 Å². The lowest BCUT2D eigenvalue weighted by Crippen LogP contribution is -2.50. The number of hydrogen-bond acceptors (Lipinski definition) is 3. The number of carbonyl (C=O) groups is 2. The Bertz CT molecular complexity index is 653. The molecular weight excluding hydrogens is 572 g/mol. The molecule has 0 heterocycles. The average molecular weight is 645 g/mol. The van der Waals surface area contributed by atoms with Crippen molar-refractivity contribution >= 4 is 30.3 Å². The third-order valence-electron chi connectivity index (χ3n) is 8.25. The predicted octanol–water partition coefficient (Wildman–Crippen LogP) is 8.86. The summed E-state index contributed by atoms with van der Waals surface area (Å²) in [6, 6.07) is -0.874. The third kappa shape index (κ3) is 33.2. The van der Waals surface area contributed by atoms with Crippen LogP contribution >= 0.6 is 12.4 Å². The molecule has 3 amide bonds. The molecule has 0 saturated heterocycles. The molecule has 0 bridgehead atoms. The molecule has 262 valence electrons. The topological polar surface area (TPSA) is 132 Å². The van der Waals surface area contributed by atoms with Crippen molar-refractivity contribution in [1.29, 1.82) is 5.41 Å². The molecule has 0 aromatic rings. The van der Waals surface area contributed by atoms with E-state index in [-0.39, 0.29) is 30.3 Å². The van der Waals surface area contributed by atoms with Gasteiger partial charge < -0.3 is 27.0 Å². The lowest BCUT2D eigenvalue weighted by Gasteiger charge is -2.19. The lowest BCUT2D eigenvalue weighted by atomic mass is 10.0. The molecule has 9 heteroatoms. The number of urea groups is 1. The highest BCUT2D eigenvalue weighted by molar-refractivity contribution is 5.87. The van der Waals surface area contributed by atoms with Gasteiger partial charge in [-0.05, 0) is 25.7 Å². The second kappa shape index (κ2) is 35.8. The zero-order chi connectivity index (χ0) is 31.6. The van der Waals surface area contributed by atoms with Crippen LogP contribution in [0.3, 0.4) is 0 Å². The Labute approximate surface area is 278 Å². The maximum Gasteiger partial charge on any atom is 0.315 e. The first-order chi connectivity index (χ1) is 21.0. The maximum absolute atomic E-state index is 12.8. The van der Waals surface area contributed by atoms with Gasteiger partial charge in [0.25, 0.3) is 0 Å². The predicted molar refractivity (Wildman–Crippen MR) is 192 cm³/mol. The van der Waals surface area contributed by atoms with E-state index in [4.69, 9.17) is 11.1 Å². The molecule has 0 aromatic carbocycles. The van der Waals surface area contributed by atoms with Crippen LogP contribution in [0.4, 0.5) is 4.79 Å². The van der Waals surface area contributed by atoms with Gasteiger partial charge in [-0.25, -0.2) is 4.79 Å². The molecule has 0 fully saturated rings. The highest BCUT2D eigenvalue weighted by Gasteiger charge is 2.20. The van der Waals surface area contributed by atoms with Crippen LogP contribution in [0.2, 0.25) is 0 Å². The van der Waals surface area contributed by atoms with Crippen LogP contribution in [-0.4, -0.2) is 43.6 Å². The monoisotopic (exact) mass is 645 g/mol. The largest absolute Gasteiger partial charge is 0.370 e. The summed E-state index contributed by atoms with van der Waals surface area (Å²) in [5, 5.41) is 18.9. The Morgan fingerprint density at radius 2 is 0.864 bits per heavy atom. The van der Waals surface area contributed by atoms with Gasteiger partial charge in [-0.15, -0.1) is 12.4 Å². The maximum atomic E-state index is 12.8. The van der Waals surface area contributed by atoms with Gasteiger partial charge in [0.1, 0.15) is 6.04 Å². The molecule has 0 saturated carbocycles. The zero-order valence-corrected chi connectivity index (χ0v) is 29.7. The van der Waals surface area contributed by atoms with Crippen molar-refractivity contribution in [2.45, 2.75) is 187 Å². The van der Waals surface area contributed by atoms with Crippen molar-refractivity contribution in [3.8, 4) is 0 Å². The number of halogens is 1. The van der Waals surface area contributed by atoms with Crippen LogP contribution in [0.25, 0.3) is 0 Å². The van der Waals surface area contributed by atoms with E-state index in [1.807, 2.05) is 0 Å². The molecule has 0 aliphatic carbocycles. The van der Waals surface area contributed by atoms with Crippen LogP contribution < -0.4 is 27.0 Å². The molecule has 0 radical (unpaired) electrons. The minimum atomic E-state index is -0.590. The van der Waals surface area contributed by atoms with Crippen LogP contribution in [0.1, 0.15) is 181 Å². The quantitative estimate of drug-likeness (QED) is 0.0248. The van der Waals surface area contributed by atoms with Crippen molar-refractivity contribution in [2.24, 2.45) is 5.73 Å². The number of nitrogens with two attached hydrogens (primary N) is 1. The Morgan fingerprint density at radius 3 is 1.25 bits per heavy atom. The fraction of sp³-hybridized carbons (Fsp3) is 0.914. The number of amides is 3. The number of unbranched alkanes of at least 4 members (excludes halogenated alkanes) is 22. The van der Waals surface area contributed by atoms with Gasteiger partial charge >= 0.3 is 6.03 Å². The van der Waals surface area contributed by atoms with Crippen molar-refractivity contribution in [3.05, 3.63) is 0 Å². The standard InChI is InChI=1S/C35H72N6O2.ClH/c1-3-5-7-9-11-13-15-16-17-18-20-22-24-26-30-40-35(43)41-32(28-27-31-39-34(36)37)33(42)38-29-25-23-21-19-14-12-10-8-6-4-2;/h32H,3-31H2,1-2H3,(H,38,42)(H4,36,37,39)(H2,40,41,43);1H/t32-;/m0./s1. The average Bonchev–Trinajstić information content (AvgIpc) is 2.99. The fourth-order valence-corrected chi connectivity index (χ4v) is 5.48. The molecule has 1 atom stereocenters. The second-order valence-electron chi connectivity index (χ2n) is 12.5. The number of nitrogens with one attached hydrogen (secondary N) is 5. The van der Waals surface area contributed by atoms with Gasteiger partial charge in [0, 0.05) is 19.6 Å². The Morgan fingerprint density at radius 1 is 0.523 bits per heavy atom. The zero-order valence-electron chi connectivity index (χ0n) is 28.9. The summed E-state index contributed by atoms with van der Waals surface area (Å²) in [5.74, 6) is -0.216. The van der Waals surface area contributed by atoms with E-state index in [0.29, 0.717) is 32.5 Å². The van der Waals surface area contributed by atoms with E-state index in [1.54, 1.807) is 0 Å². The van der Waals surface area contributed by atoms with Gasteiger partial charge in [-0.3, -0.25) is 10.2 Å². The normalized spacial score (nSPS) is 11.4. The molecule has 44 heavy (non-hydrogen) atoms. The number of hydrogen-bond donors (Lipinski definition) is 6. The van der Waals surface area contributed by atoms with Gasteiger partial charge in [0.15, 0.2) is 5.96 Å². The van der Waals surface area contributed by atoms with Gasteiger partial charge in [-0.1, -0.05) is 155 Å². The molecule has 7 N–H and O–H groups in total. The van der Waals surface area contributed by atoms with Crippen molar-refractivity contribution < 1.29 is 9.59 Å². The van der Waals surface area contributed by atoms with Crippen LogP contribution in [0, 0.1) is 5.41 Å². The van der Waals surface area contributed by atoms with Gasteiger partial charge in [0.2, 0.25) is 5.91 Å². The molecule has 8 nitrogen and oxygen atoms in total. The van der Waals surface area contributed by atoms with E-state index in [0.717, 1.165) is 25.7 Å². The van der Waals surface area contributed by atoms with E-state index >= 15 is 0 Å². The van der Waals surface area contributed by atoms with Crippen LogP contribution in [0.15, 0.2) is 0 Å². The summed E-state index contributed by atoms with van der Waals surface area (Å²) in [4.78, 5) is 25.4. The summed E-state index contributed by atoms with van der Waals surface area (Å²) < 4.78 is 0. The molecule has 0 spiro atoms. The van der Waals surface area contributed by atoms with E-state index < -0.39 is 6.04 Å². The van der Waals surface area contributed by atoms with Crippen molar-refractivity contribution in [2.75, 3.05) is 19.6 Å². The molecular formula is C35H73ClN6O2. The first-order valence-electron chi connectivity index (χ1n) is 18.4. The highest BCUT2D eigenvalue weighted by atomic mass is 35.5. The number of rotatable bonds is 32. The second-order valence-corrected chi connectivity index (χ2v) is 12.5. The summed E-state index contributed by atoms with van der Waals surface area (Å²) >= 11 is 0. The first kappa shape index (κ1) is 44.4. The minimum absolute atomic E-state index is 0. The van der Waals surface area contributed by atoms with Gasteiger partial charge in [-0.2, -0.15) is 0 Å². The summed E-state index contributed by atoms with van der Waals surface area (Å²) in [6.45, 7) is 6.29. The summed E-state index contributed by atoms with van der Waals surface area (Å²) in [6.07, 6.45) is 32.0. The first-order valence-corrected chi connectivity index (χ1v) is 18.4. The Hall–Kier alpha value is -1.70. The fourth-order valence-electron chi connectivity index (χ4n) is 5.48. The summed E-state index contributed by atoms with van der Waals surface area (Å²) in [7, 11) is 0. The third-order valence-corrected chi connectivity index (χ3v) is 8.25. The lowest BCUT2D eigenvalue weighted by molar-refractivity contribution is -0.123. The van der Waals surface area contributed by atoms with Crippen LogP contribution in [-0.2, 0) is 4.79 Å².